The molecular weight excluding hydrogens is 296 g/mol. The van der Waals surface area contributed by atoms with E-state index in [0.717, 1.165) is 18.5 Å². The Morgan fingerprint density at radius 3 is 2.41 bits per heavy atom. The number of fused-ring (bicyclic) bond motifs is 1. The number of rotatable bonds is 3. The van der Waals surface area contributed by atoms with Crippen LogP contribution in [0.25, 0.3) is 0 Å². The summed E-state index contributed by atoms with van der Waals surface area (Å²) in [6, 6.07) is 17.8. The summed E-state index contributed by atoms with van der Waals surface area (Å²) in [5, 5.41) is 0. The SMILES string of the molecule is Cl.N[C@@H](Cc1ccccc1)C(=O)N1CCc2ccccc2C1. The van der Waals surface area contributed by atoms with Gasteiger partial charge in [-0.3, -0.25) is 4.79 Å². The van der Waals surface area contributed by atoms with E-state index in [1.165, 1.54) is 11.1 Å². The molecule has 1 amide bonds. The first-order valence-electron chi connectivity index (χ1n) is 7.39. The van der Waals surface area contributed by atoms with Crippen molar-refractivity contribution in [2.24, 2.45) is 5.73 Å². The van der Waals surface area contributed by atoms with Gasteiger partial charge in [-0.2, -0.15) is 0 Å². The molecule has 0 fully saturated rings. The first kappa shape index (κ1) is 16.5. The zero-order chi connectivity index (χ0) is 14.7. The number of nitrogens with two attached hydrogens (primary N) is 1. The van der Waals surface area contributed by atoms with E-state index in [1.54, 1.807) is 0 Å². The molecule has 2 N–H and O–H groups in total. The number of halogens is 1. The Balaban J connectivity index is 0.00000176. The maximum absolute atomic E-state index is 12.5. The van der Waals surface area contributed by atoms with E-state index in [9.17, 15) is 4.79 Å². The Bertz CT molecular complexity index is 630. The van der Waals surface area contributed by atoms with Gasteiger partial charge in [-0.05, 0) is 29.5 Å². The number of nitrogens with zero attached hydrogens (tertiary/aromatic N) is 1. The fourth-order valence-electron chi connectivity index (χ4n) is 2.87. The first-order chi connectivity index (χ1) is 10.2. The van der Waals surface area contributed by atoms with Gasteiger partial charge >= 0.3 is 0 Å². The second kappa shape index (κ2) is 7.43. The smallest absolute Gasteiger partial charge is 0.240 e. The van der Waals surface area contributed by atoms with Crippen LogP contribution in [-0.2, 0) is 24.2 Å². The van der Waals surface area contributed by atoms with Gasteiger partial charge in [0.25, 0.3) is 0 Å². The summed E-state index contributed by atoms with van der Waals surface area (Å²) in [6.45, 7) is 1.44. The van der Waals surface area contributed by atoms with Crippen molar-refractivity contribution >= 4 is 18.3 Å². The average molecular weight is 317 g/mol. The van der Waals surface area contributed by atoms with Crippen molar-refractivity contribution in [3.8, 4) is 0 Å². The van der Waals surface area contributed by atoms with Crippen LogP contribution in [-0.4, -0.2) is 23.4 Å². The van der Waals surface area contributed by atoms with Crippen LogP contribution < -0.4 is 5.73 Å². The largest absolute Gasteiger partial charge is 0.337 e. The fourth-order valence-corrected chi connectivity index (χ4v) is 2.87. The second-order valence-corrected chi connectivity index (χ2v) is 5.57. The highest BCUT2D eigenvalue weighted by atomic mass is 35.5. The topological polar surface area (TPSA) is 46.3 Å². The minimum atomic E-state index is -0.460. The third-order valence-corrected chi connectivity index (χ3v) is 4.06. The normalized spacial score (nSPS) is 14.7. The first-order valence-corrected chi connectivity index (χ1v) is 7.39. The van der Waals surface area contributed by atoms with E-state index in [4.69, 9.17) is 5.73 Å². The van der Waals surface area contributed by atoms with E-state index in [-0.39, 0.29) is 18.3 Å². The van der Waals surface area contributed by atoms with Gasteiger partial charge in [0.1, 0.15) is 0 Å². The van der Waals surface area contributed by atoms with Crippen molar-refractivity contribution in [2.45, 2.75) is 25.4 Å². The van der Waals surface area contributed by atoms with Gasteiger partial charge in [0.05, 0.1) is 6.04 Å². The van der Waals surface area contributed by atoms with Gasteiger partial charge in [-0.1, -0.05) is 54.6 Å². The molecule has 2 aromatic carbocycles. The van der Waals surface area contributed by atoms with Crippen LogP contribution >= 0.6 is 12.4 Å². The zero-order valence-electron chi connectivity index (χ0n) is 12.4. The molecule has 0 aromatic heterocycles. The molecule has 0 spiro atoms. The molecular formula is C18H21ClN2O. The van der Waals surface area contributed by atoms with Gasteiger partial charge in [0, 0.05) is 13.1 Å². The molecule has 1 aliphatic heterocycles. The molecule has 0 saturated heterocycles. The van der Waals surface area contributed by atoms with Crippen LogP contribution in [0.5, 0.6) is 0 Å². The van der Waals surface area contributed by atoms with E-state index in [1.807, 2.05) is 41.3 Å². The van der Waals surface area contributed by atoms with Crippen LogP contribution in [0.3, 0.4) is 0 Å². The van der Waals surface area contributed by atoms with Crippen molar-refractivity contribution in [3.63, 3.8) is 0 Å². The zero-order valence-corrected chi connectivity index (χ0v) is 13.3. The Labute approximate surface area is 137 Å². The Morgan fingerprint density at radius 2 is 1.68 bits per heavy atom. The highest BCUT2D eigenvalue weighted by molar-refractivity contribution is 5.85. The number of hydrogen-bond acceptors (Lipinski definition) is 2. The number of benzene rings is 2. The van der Waals surface area contributed by atoms with Crippen molar-refractivity contribution in [1.82, 2.24) is 4.90 Å². The van der Waals surface area contributed by atoms with E-state index >= 15 is 0 Å². The van der Waals surface area contributed by atoms with Gasteiger partial charge in [-0.25, -0.2) is 0 Å². The van der Waals surface area contributed by atoms with Crippen LogP contribution in [0, 0.1) is 0 Å². The predicted octanol–water partition coefficient (Wildman–Crippen LogP) is 2.56. The molecule has 4 heteroatoms. The lowest BCUT2D eigenvalue weighted by atomic mass is 9.98. The summed E-state index contributed by atoms with van der Waals surface area (Å²) in [5.41, 5.74) is 9.80. The van der Waals surface area contributed by atoms with Crippen LogP contribution in [0.4, 0.5) is 0 Å². The van der Waals surface area contributed by atoms with Crippen LogP contribution in [0.2, 0.25) is 0 Å². The Hall–Kier alpha value is -1.84. The lowest BCUT2D eigenvalue weighted by Crippen LogP contribution is -2.46. The van der Waals surface area contributed by atoms with Crippen molar-refractivity contribution in [3.05, 3.63) is 71.3 Å². The molecule has 1 heterocycles. The van der Waals surface area contributed by atoms with Gasteiger partial charge in [-0.15, -0.1) is 12.4 Å². The molecule has 22 heavy (non-hydrogen) atoms. The summed E-state index contributed by atoms with van der Waals surface area (Å²) in [6.07, 6.45) is 1.51. The summed E-state index contributed by atoms with van der Waals surface area (Å²) in [4.78, 5) is 14.4. The number of carbonyl (C=O) groups is 1. The van der Waals surface area contributed by atoms with Crippen LogP contribution in [0.1, 0.15) is 16.7 Å². The minimum Gasteiger partial charge on any atom is -0.337 e. The highest BCUT2D eigenvalue weighted by Crippen LogP contribution is 2.19. The molecule has 1 atom stereocenters. The molecule has 0 aliphatic carbocycles. The van der Waals surface area contributed by atoms with Crippen LogP contribution in [0.15, 0.2) is 54.6 Å². The predicted molar refractivity (Wildman–Crippen MR) is 90.9 cm³/mol. The molecule has 3 nitrogen and oxygen atoms in total. The number of carbonyl (C=O) groups excluding carboxylic acids is 1. The molecule has 0 radical (unpaired) electrons. The third-order valence-electron chi connectivity index (χ3n) is 4.06. The minimum absolute atomic E-state index is 0. The van der Waals surface area contributed by atoms with E-state index < -0.39 is 6.04 Å². The summed E-state index contributed by atoms with van der Waals surface area (Å²) in [7, 11) is 0. The average Bonchev–Trinajstić information content (AvgIpc) is 2.54. The second-order valence-electron chi connectivity index (χ2n) is 5.57. The fraction of sp³-hybridized carbons (Fsp3) is 0.278. The van der Waals surface area contributed by atoms with Gasteiger partial charge in [0.2, 0.25) is 5.91 Å². The molecule has 1 aliphatic rings. The molecule has 116 valence electrons. The van der Waals surface area contributed by atoms with Gasteiger partial charge in [0.15, 0.2) is 0 Å². The Kier molecular flexibility index (Phi) is 5.58. The molecule has 3 rings (SSSR count). The van der Waals surface area contributed by atoms with Gasteiger partial charge < -0.3 is 10.6 Å². The van der Waals surface area contributed by atoms with E-state index in [2.05, 4.69) is 18.2 Å². The standard InChI is InChI=1S/C18H20N2O.ClH/c19-17(12-14-6-2-1-3-7-14)18(21)20-11-10-15-8-4-5-9-16(15)13-20;/h1-9,17H,10-13,19H2;1H/t17-;/m0./s1. The summed E-state index contributed by atoms with van der Waals surface area (Å²) in [5.74, 6) is 0.0494. The summed E-state index contributed by atoms with van der Waals surface area (Å²) < 4.78 is 0. The monoisotopic (exact) mass is 316 g/mol. The lowest BCUT2D eigenvalue weighted by Gasteiger charge is -2.30. The molecule has 2 aromatic rings. The Morgan fingerprint density at radius 1 is 1.05 bits per heavy atom. The highest BCUT2D eigenvalue weighted by Gasteiger charge is 2.24. The maximum Gasteiger partial charge on any atom is 0.240 e. The molecule has 0 saturated carbocycles. The van der Waals surface area contributed by atoms with E-state index in [0.29, 0.717) is 13.0 Å². The van der Waals surface area contributed by atoms with Crippen molar-refractivity contribution in [2.75, 3.05) is 6.54 Å². The third kappa shape index (κ3) is 3.67. The summed E-state index contributed by atoms with van der Waals surface area (Å²) >= 11 is 0. The molecule has 0 unspecified atom stereocenters. The van der Waals surface area contributed by atoms with Crippen molar-refractivity contribution < 1.29 is 4.79 Å². The maximum atomic E-state index is 12.5. The lowest BCUT2D eigenvalue weighted by molar-refractivity contribution is -0.133. The quantitative estimate of drug-likeness (QED) is 0.946. The number of hydrogen-bond donors (Lipinski definition) is 1. The molecule has 0 bridgehead atoms. The van der Waals surface area contributed by atoms with Crippen molar-refractivity contribution in [1.29, 1.82) is 0 Å². The number of amides is 1.